The molecule has 9 rings (SSSR count). The van der Waals surface area contributed by atoms with E-state index in [0.29, 0.717) is 17.2 Å². The molecule has 10 heteroatoms. The Labute approximate surface area is 297 Å². The maximum absolute atomic E-state index is 6.45. The van der Waals surface area contributed by atoms with Gasteiger partial charge in [0, 0.05) is 57.0 Å². The molecule has 9 aromatic rings. The highest BCUT2D eigenvalue weighted by Crippen LogP contribution is 2.42. The molecule has 3 aromatic heterocycles. The quantitative estimate of drug-likeness (QED) is 0.246. The summed E-state index contributed by atoms with van der Waals surface area (Å²) in [4.78, 5) is 14.5. The first-order valence-corrected chi connectivity index (χ1v) is 17.2. The number of benzene rings is 6. The van der Waals surface area contributed by atoms with Gasteiger partial charge in [-0.05, 0) is 35.4 Å². The molecule has 6 aromatic carbocycles. The number of fused-ring (bicyclic) bond motifs is 6. The molecular formula is C39H18B5N3S2. The van der Waals surface area contributed by atoms with E-state index in [9.17, 15) is 0 Å². The minimum Gasteiger partial charge on any atom is -0.208 e. The highest BCUT2D eigenvalue weighted by molar-refractivity contribution is 7.26. The van der Waals surface area contributed by atoms with Crippen molar-refractivity contribution in [2.75, 3.05) is 0 Å². The zero-order valence-electron chi connectivity index (χ0n) is 25.9. The lowest BCUT2D eigenvalue weighted by Crippen LogP contribution is -2.55. The van der Waals surface area contributed by atoms with Crippen LogP contribution in [0.2, 0.25) is 0 Å². The Bertz CT molecular complexity index is 2760. The van der Waals surface area contributed by atoms with Crippen LogP contribution in [0.5, 0.6) is 0 Å². The number of thiophene rings is 2. The van der Waals surface area contributed by atoms with Gasteiger partial charge in [-0.3, -0.25) is 0 Å². The lowest BCUT2D eigenvalue weighted by molar-refractivity contribution is 1.08. The normalized spacial score (nSPS) is 11.7. The van der Waals surface area contributed by atoms with Crippen LogP contribution in [0.25, 0.3) is 85.6 Å². The van der Waals surface area contributed by atoms with E-state index in [-0.39, 0.29) is 33.1 Å². The lowest BCUT2D eigenvalue weighted by Gasteiger charge is -2.20. The van der Waals surface area contributed by atoms with Crippen molar-refractivity contribution in [1.82, 2.24) is 15.0 Å². The summed E-state index contributed by atoms with van der Waals surface area (Å²) in [5.41, 5.74) is 5.15. The summed E-state index contributed by atoms with van der Waals surface area (Å²) in [5.74, 6) is 1.19. The van der Waals surface area contributed by atoms with E-state index in [2.05, 4.69) is 72.8 Å². The van der Waals surface area contributed by atoms with Gasteiger partial charge in [-0.25, -0.2) is 15.0 Å². The molecule has 0 fully saturated rings. The highest BCUT2D eigenvalue weighted by atomic mass is 32.1. The first-order chi connectivity index (χ1) is 23.9. The second-order valence-corrected chi connectivity index (χ2v) is 14.1. The molecule has 0 aliphatic rings. The second kappa shape index (κ2) is 11.6. The monoisotopic (exact) mass is 647 g/mol. The van der Waals surface area contributed by atoms with Crippen LogP contribution in [0.4, 0.5) is 0 Å². The molecule has 10 radical (unpaired) electrons. The van der Waals surface area contributed by atoms with Crippen LogP contribution < -0.4 is 27.3 Å². The summed E-state index contributed by atoms with van der Waals surface area (Å²) in [5, 5.41) is 4.96. The molecule has 3 heterocycles. The van der Waals surface area contributed by atoms with Crippen molar-refractivity contribution in [3.8, 4) is 45.3 Å². The van der Waals surface area contributed by atoms with Gasteiger partial charge in [-0.2, -0.15) is 0 Å². The van der Waals surface area contributed by atoms with Gasteiger partial charge in [0.1, 0.15) is 39.2 Å². The highest BCUT2D eigenvalue weighted by Gasteiger charge is 2.19. The van der Waals surface area contributed by atoms with Crippen molar-refractivity contribution in [2.45, 2.75) is 0 Å². The average Bonchev–Trinajstić information content (AvgIpc) is 3.71. The van der Waals surface area contributed by atoms with Crippen LogP contribution in [-0.2, 0) is 0 Å². The molecule has 0 atom stereocenters. The maximum Gasteiger partial charge on any atom is 0.164 e. The molecule has 0 spiro atoms. The summed E-state index contributed by atoms with van der Waals surface area (Å²) in [7, 11) is 31.4. The smallest absolute Gasteiger partial charge is 0.164 e. The Morgan fingerprint density at radius 3 is 1.80 bits per heavy atom. The molecule has 0 amide bonds. The van der Waals surface area contributed by atoms with E-state index in [0.717, 1.165) is 15.8 Å². The molecule has 0 saturated heterocycles. The fourth-order valence-corrected chi connectivity index (χ4v) is 8.85. The first-order valence-electron chi connectivity index (χ1n) is 15.6. The van der Waals surface area contributed by atoms with Crippen molar-refractivity contribution >= 4 is 130 Å². The third-order valence-corrected chi connectivity index (χ3v) is 11.4. The molecule has 0 saturated carbocycles. The maximum atomic E-state index is 6.45. The van der Waals surface area contributed by atoms with Gasteiger partial charge in [0.15, 0.2) is 17.5 Å². The molecule has 0 aliphatic carbocycles. The van der Waals surface area contributed by atoms with Crippen molar-refractivity contribution in [3.63, 3.8) is 0 Å². The first kappa shape index (κ1) is 30.2. The average molecular weight is 647 g/mol. The third-order valence-electron chi connectivity index (χ3n) is 9.04. The zero-order chi connectivity index (χ0) is 33.4. The standard InChI is InChI=1S/C39H18B5N3S2/c40-31-30(32(41)34(43)35(44)33(31)42)39-46-37(19-7-2-1-3-8-19)45-38(47-39)21-13-15-24-26-17-20(14-16-28(26)48-29(24)18-21)22-10-6-11-25-23-9-4-5-12-27(23)49-36(22)25/h1-18H. The third kappa shape index (κ3) is 4.88. The van der Waals surface area contributed by atoms with E-state index in [4.69, 9.17) is 54.2 Å². The zero-order valence-corrected chi connectivity index (χ0v) is 27.6. The fraction of sp³-hybridized carbons (Fsp3) is 0. The van der Waals surface area contributed by atoms with Gasteiger partial charge in [0.05, 0.1) is 0 Å². The lowest BCUT2D eigenvalue weighted by atomic mass is 9.60. The fourth-order valence-electron chi connectivity index (χ4n) is 6.48. The van der Waals surface area contributed by atoms with Crippen molar-refractivity contribution in [3.05, 3.63) is 109 Å². The molecule has 0 unspecified atom stereocenters. The van der Waals surface area contributed by atoms with Gasteiger partial charge in [0.25, 0.3) is 0 Å². The van der Waals surface area contributed by atoms with Crippen LogP contribution >= 0.6 is 22.7 Å². The molecule has 216 valence electrons. The molecule has 0 aliphatic heterocycles. The van der Waals surface area contributed by atoms with Gasteiger partial charge >= 0.3 is 0 Å². The van der Waals surface area contributed by atoms with Crippen LogP contribution in [0, 0.1) is 0 Å². The SMILES string of the molecule is [B]c1c([B])c([B])c(-c2nc(-c3ccccc3)nc(-c3ccc4c(c3)sc3ccc(-c5cccc6c5sc5ccccc56)cc34)n2)c([B])c1[B]. The Morgan fingerprint density at radius 1 is 0.388 bits per heavy atom. The summed E-state index contributed by atoms with van der Waals surface area (Å²) >= 11 is 3.58. The summed E-state index contributed by atoms with van der Waals surface area (Å²) in [6.45, 7) is 0. The molecule has 0 bridgehead atoms. The number of hydrogen-bond acceptors (Lipinski definition) is 5. The predicted molar refractivity (Wildman–Crippen MR) is 214 cm³/mol. The second-order valence-electron chi connectivity index (χ2n) is 11.9. The Hall–Kier alpha value is -4.91. The van der Waals surface area contributed by atoms with Gasteiger partial charge in [0.2, 0.25) is 0 Å². The molecule has 3 nitrogen and oxygen atoms in total. The van der Waals surface area contributed by atoms with Gasteiger partial charge < -0.3 is 0 Å². The summed E-state index contributed by atoms with van der Waals surface area (Å²) < 4.78 is 4.92. The summed E-state index contributed by atoms with van der Waals surface area (Å²) in [6, 6.07) is 37.9. The largest absolute Gasteiger partial charge is 0.208 e. The number of nitrogens with zero attached hydrogens (tertiary/aromatic N) is 3. The molecule has 49 heavy (non-hydrogen) atoms. The van der Waals surface area contributed by atoms with E-state index < -0.39 is 0 Å². The van der Waals surface area contributed by atoms with Crippen molar-refractivity contribution in [2.24, 2.45) is 0 Å². The predicted octanol–water partition coefficient (Wildman–Crippen LogP) is 5.24. The number of rotatable bonds is 4. The van der Waals surface area contributed by atoms with Crippen molar-refractivity contribution < 1.29 is 0 Å². The molecule has 0 N–H and O–H groups in total. The molecular weight excluding hydrogens is 629 g/mol. The van der Waals surface area contributed by atoms with E-state index in [1.54, 1.807) is 11.3 Å². The minimum atomic E-state index is 0.134. The Balaban J connectivity index is 1.20. The van der Waals surface area contributed by atoms with E-state index in [1.807, 2.05) is 47.7 Å². The Kier molecular flexibility index (Phi) is 7.15. The van der Waals surface area contributed by atoms with Gasteiger partial charge in [-0.15, -0.1) is 39.1 Å². The van der Waals surface area contributed by atoms with Gasteiger partial charge in [-0.1, -0.05) is 95.9 Å². The van der Waals surface area contributed by atoms with E-state index >= 15 is 0 Å². The van der Waals surface area contributed by atoms with Crippen LogP contribution in [0.15, 0.2) is 109 Å². The van der Waals surface area contributed by atoms with Crippen LogP contribution in [0.1, 0.15) is 0 Å². The minimum absolute atomic E-state index is 0.134. The van der Waals surface area contributed by atoms with Crippen LogP contribution in [-0.4, -0.2) is 54.2 Å². The van der Waals surface area contributed by atoms with Crippen molar-refractivity contribution in [1.29, 1.82) is 0 Å². The summed E-state index contributed by atoms with van der Waals surface area (Å²) in [6.07, 6.45) is 0. The topological polar surface area (TPSA) is 38.7 Å². The van der Waals surface area contributed by atoms with Crippen LogP contribution in [0.3, 0.4) is 0 Å². The number of hydrogen-bond donors (Lipinski definition) is 0. The Morgan fingerprint density at radius 2 is 1.00 bits per heavy atom. The van der Waals surface area contributed by atoms with E-state index in [1.165, 1.54) is 46.8 Å². The number of aromatic nitrogens is 3.